The average Bonchev–Trinajstić information content (AvgIpc) is 2.35. The van der Waals surface area contributed by atoms with Gasteiger partial charge in [0, 0.05) is 28.8 Å². The molecule has 18 heavy (non-hydrogen) atoms. The third-order valence-corrected chi connectivity index (χ3v) is 4.24. The number of alkyl halides is 2. The van der Waals surface area contributed by atoms with E-state index in [-0.39, 0.29) is 11.5 Å². The summed E-state index contributed by atoms with van der Waals surface area (Å²) in [4.78, 5) is 0. The van der Waals surface area contributed by atoms with E-state index in [2.05, 4.69) is 0 Å². The quantitative estimate of drug-likeness (QED) is 0.653. The topological polar surface area (TPSA) is 9.23 Å². The molecule has 0 bridgehead atoms. The molecular weight excluding hydrogens is 291 g/mol. The highest BCUT2D eigenvalue weighted by Gasteiger charge is 2.30. The molecule has 0 radical (unpaired) electrons. The van der Waals surface area contributed by atoms with Crippen LogP contribution in [0.2, 0.25) is 5.02 Å². The predicted octanol–water partition coefficient (Wildman–Crippen LogP) is 4.87. The molecule has 0 aliphatic rings. The van der Waals surface area contributed by atoms with E-state index >= 15 is 0 Å². The Kier molecular flexibility index (Phi) is 6.79. The first-order chi connectivity index (χ1) is 8.54. The Morgan fingerprint density at radius 2 is 1.89 bits per heavy atom. The first-order valence-corrected chi connectivity index (χ1v) is 7.48. The normalized spacial score (nSPS) is 12.1. The van der Waals surface area contributed by atoms with Gasteiger partial charge in [0.15, 0.2) is 0 Å². The van der Waals surface area contributed by atoms with Gasteiger partial charge >= 0.3 is 0 Å². The van der Waals surface area contributed by atoms with Crippen LogP contribution < -0.4 is 0 Å². The molecule has 0 amide bonds. The summed E-state index contributed by atoms with van der Waals surface area (Å²) < 4.78 is 5.60. The molecule has 0 atom stereocenters. The summed E-state index contributed by atoms with van der Waals surface area (Å²) >= 11 is 18.3. The van der Waals surface area contributed by atoms with Crippen molar-refractivity contribution in [1.82, 2.24) is 0 Å². The first-order valence-electron chi connectivity index (χ1n) is 6.03. The maximum Gasteiger partial charge on any atom is 0.0518 e. The zero-order chi connectivity index (χ0) is 13.6. The summed E-state index contributed by atoms with van der Waals surface area (Å²) in [6, 6.07) is 7.73. The van der Waals surface area contributed by atoms with Crippen LogP contribution >= 0.6 is 34.8 Å². The van der Waals surface area contributed by atoms with Crippen molar-refractivity contribution in [3.8, 4) is 0 Å². The van der Waals surface area contributed by atoms with Gasteiger partial charge < -0.3 is 4.74 Å². The zero-order valence-electron chi connectivity index (χ0n) is 10.8. The second kappa shape index (κ2) is 7.59. The summed E-state index contributed by atoms with van der Waals surface area (Å²) in [6.45, 7) is 4.68. The number of benzene rings is 1. The molecule has 4 heteroatoms. The fourth-order valence-corrected chi connectivity index (χ4v) is 2.83. The lowest BCUT2D eigenvalue weighted by atomic mass is 9.81. The van der Waals surface area contributed by atoms with E-state index in [1.165, 1.54) is 0 Å². The molecule has 1 aromatic rings. The van der Waals surface area contributed by atoms with Crippen molar-refractivity contribution >= 4 is 34.8 Å². The first kappa shape index (κ1) is 16.1. The number of rotatable bonds is 7. The van der Waals surface area contributed by atoms with E-state index in [1.807, 2.05) is 38.1 Å². The highest BCUT2D eigenvalue weighted by atomic mass is 35.5. The van der Waals surface area contributed by atoms with Crippen molar-refractivity contribution in [3.63, 3.8) is 0 Å². The number of ether oxygens (including phenoxy) is 1. The van der Waals surface area contributed by atoms with Crippen LogP contribution in [0.1, 0.15) is 25.8 Å². The fraction of sp³-hybridized carbons (Fsp3) is 0.571. The summed E-state index contributed by atoms with van der Waals surface area (Å²) in [6.07, 6.45) is 1.01. The molecule has 0 heterocycles. The lowest BCUT2D eigenvalue weighted by Gasteiger charge is -2.30. The number of hydrogen-bond acceptors (Lipinski definition) is 1. The van der Waals surface area contributed by atoms with Crippen LogP contribution in [0, 0.1) is 0 Å². The molecule has 0 N–H and O–H groups in total. The van der Waals surface area contributed by atoms with Gasteiger partial charge in [0.25, 0.3) is 0 Å². The standard InChI is InChI=1S/C14H19Cl3O/c1-11(2)18-7-6-14(9-15,10-16)12-4-3-5-13(17)8-12/h3-5,8,11H,6-7,9-10H2,1-2H3. The molecule has 0 aromatic heterocycles. The third-order valence-electron chi connectivity index (χ3n) is 2.98. The van der Waals surface area contributed by atoms with Gasteiger partial charge in [-0.05, 0) is 38.0 Å². The van der Waals surface area contributed by atoms with E-state index in [9.17, 15) is 0 Å². The molecule has 0 aliphatic carbocycles. The van der Waals surface area contributed by atoms with Gasteiger partial charge in [0.05, 0.1) is 6.10 Å². The molecule has 0 unspecified atom stereocenters. The molecule has 0 spiro atoms. The maximum atomic E-state index is 6.14. The number of hydrogen-bond donors (Lipinski definition) is 0. The van der Waals surface area contributed by atoms with Gasteiger partial charge in [-0.2, -0.15) is 0 Å². The molecule has 0 aliphatic heterocycles. The highest BCUT2D eigenvalue weighted by Crippen LogP contribution is 2.32. The Morgan fingerprint density at radius 1 is 1.22 bits per heavy atom. The largest absolute Gasteiger partial charge is 0.379 e. The SMILES string of the molecule is CC(C)OCCC(CCl)(CCl)c1cccc(Cl)c1. The van der Waals surface area contributed by atoms with Gasteiger partial charge in [-0.15, -0.1) is 23.2 Å². The predicted molar refractivity (Wildman–Crippen MR) is 80.3 cm³/mol. The van der Waals surface area contributed by atoms with Crippen LogP contribution in [-0.4, -0.2) is 24.5 Å². The number of halogens is 3. The molecular formula is C14H19Cl3O. The van der Waals surface area contributed by atoms with Crippen LogP contribution in [0.15, 0.2) is 24.3 Å². The molecule has 0 fully saturated rings. The molecule has 1 aromatic carbocycles. The lowest BCUT2D eigenvalue weighted by molar-refractivity contribution is 0.0677. The Hall–Kier alpha value is 0.0500. The van der Waals surface area contributed by atoms with E-state index in [1.54, 1.807) is 0 Å². The van der Waals surface area contributed by atoms with Crippen LogP contribution in [-0.2, 0) is 10.2 Å². The minimum atomic E-state index is -0.275. The highest BCUT2D eigenvalue weighted by molar-refractivity contribution is 6.30. The van der Waals surface area contributed by atoms with Crippen LogP contribution in [0.5, 0.6) is 0 Å². The third kappa shape index (κ3) is 4.31. The summed E-state index contributed by atoms with van der Waals surface area (Å²) in [5.74, 6) is 0.913. The fourth-order valence-electron chi connectivity index (χ4n) is 1.78. The van der Waals surface area contributed by atoms with Crippen LogP contribution in [0.4, 0.5) is 0 Å². The van der Waals surface area contributed by atoms with Crippen molar-refractivity contribution in [2.45, 2.75) is 31.8 Å². The maximum absolute atomic E-state index is 6.14. The van der Waals surface area contributed by atoms with Crippen molar-refractivity contribution in [2.75, 3.05) is 18.4 Å². The molecule has 1 nitrogen and oxygen atoms in total. The minimum Gasteiger partial charge on any atom is -0.379 e. The Balaban J connectivity index is 2.85. The second-order valence-electron chi connectivity index (χ2n) is 4.73. The van der Waals surface area contributed by atoms with Gasteiger partial charge in [0.1, 0.15) is 0 Å². The van der Waals surface area contributed by atoms with E-state index in [0.717, 1.165) is 12.0 Å². The summed E-state index contributed by atoms with van der Waals surface area (Å²) in [5.41, 5.74) is 0.801. The zero-order valence-corrected chi connectivity index (χ0v) is 13.0. The van der Waals surface area contributed by atoms with E-state index in [0.29, 0.717) is 23.4 Å². The Labute approximate surface area is 124 Å². The van der Waals surface area contributed by atoms with Gasteiger partial charge in [-0.3, -0.25) is 0 Å². The molecule has 0 saturated carbocycles. The van der Waals surface area contributed by atoms with E-state index in [4.69, 9.17) is 39.5 Å². The smallest absolute Gasteiger partial charge is 0.0518 e. The molecule has 1 rings (SSSR count). The average molecular weight is 310 g/mol. The Morgan fingerprint density at radius 3 is 2.39 bits per heavy atom. The summed E-state index contributed by atoms with van der Waals surface area (Å²) in [7, 11) is 0. The van der Waals surface area contributed by atoms with Crippen molar-refractivity contribution < 1.29 is 4.74 Å². The van der Waals surface area contributed by atoms with Crippen LogP contribution in [0.3, 0.4) is 0 Å². The van der Waals surface area contributed by atoms with Crippen LogP contribution in [0.25, 0.3) is 0 Å². The molecule has 0 saturated heterocycles. The van der Waals surface area contributed by atoms with Gasteiger partial charge in [-0.1, -0.05) is 23.7 Å². The molecule has 102 valence electrons. The summed E-state index contributed by atoms with van der Waals surface area (Å²) in [5, 5.41) is 0.705. The monoisotopic (exact) mass is 308 g/mol. The van der Waals surface area contributed by atoms with Crippen molar-refractivity contribution in [1.29, 1.82) is 0 Å². The van der Waals surface area contributed by atoms with Crippen molar-refractivity contribution in [3.05, 3.63) is 34.9 Å². The van der Waals surface area contributed by atoms with E-state index < -0.39 is 0 Å². The van der Waals surface area contributed by atoms with Gasteiger partial charge in [0.2, 0.25) is 0 Å². The van der Waals surface area contributed by atoms with Crippen molar-refractivity contribution in [2.24, 2.45) is 0 Å². The lowest BCUT2D eigenvalue weighted by Crippen LogP contribution is -2.32. The Bertz CT molecular complexity index is 362. The minimum absolute atomic E-state index is 0.215. The second-order valence-corrected chi connectivity index (χ2v) is 5.70. The van der Waals surface area contributed by atoms with Gasteiger partial charge in [-0.25, -0.2) is 0 Å².